The maximum atomic E-state index is 4.44. The van der Waals surface area contributed by atoms with Crippen LogP contribution in [0.25, 0.3) is 0 Å². The molecular formula is C12H25NSi. The Morgan fingerprint density at radius 1 is 1.21 bits per heavy atom. The number of unbranched alkanes of at least 4 members (excludes halogenated alkanes) is 3. The Morgan fingerprint density at radius 2 is 1.93 bits per heavy atom. The normalized spacial score (nSPS) is 12.2. The van der Waals surface area contributed by atoms with Gasteiger partial charge in [-0.3, -0.25) is 4.99 Å². The Bertz CT molecular complexity index is 173. The molecule has 2 heteroatoms. The number of rotatable bonds is 8. The van der Waals surface area contributed by atoms with E-state index in [-0.39, 0.29) is 0 Å². The van der Waals surface area contributed by atoms with Crippen molar-refractivity contribution in [1.82, 2.24) is 0 Å². The number of nitrogens with zero attached hydrogens (tertiary/aromatic N) is 1. The fraction of sp³-hybridized carbons (Fsp3) is 0.750. The van der Waals surface area contributed by atoms with Crippen molar-refractivity contribution in [2.45, 2.75) is 51.7 Å². The molecule has 0 N–H and O–H groups in total. The molecule has 0 saturated carbocycles. The summed E-state index contributed by atoms with van der Waals surface area (Å²) < 4.78 is 0. The van der Waals surface area contributed by atoms with Crippen LogP contribution in [0.15, 0.2) is 17.3 Å². The molecule has 1 nitrogen and oxygen atoms in total. The first-order valence-electron chi connectivity index (χ1n) is 5.74. The maximum absolute atomic E-state index is 4.44. The van der Waals surface area contributed by atoms with Gasteiger partial charge >= 0.3 is 0 Å². The molecule has 0 spiro atoms. The van der Waals surface area contributed by atoms with Gasteiger partial charge in [0.15, 0.2) is 0 Å². The molecule has 0 saturated heterocycles. The van der Waals surface area contributed by atoms with Gasteiger partial charge in [-0.05, 0) is 18.7 Å². The SMILES string of the molecule is C=C[Si](C)(C)CC=NCCCCCC. The highest BCUT2D eigenvalue weighted by Crippen LogP contribution is 2.07. The zero-order chi connectivity index (χ0) is 10.9. The summed E-state index contributed by atoms with van der Waals surface area (Å²) in [6.07, 6.45) is 7.35. The highest BCUT2D eigenvalue weighted by molar-refractivity contribution is 6.84. The molecule has 0 aliphatic rings. The van der Waals surface area contributed by atoms with E-state index in [0.29, 0.717) is 0 Å². The third-order valence-electron chi connectivity index (χ3n) is 2.44. The molecule has 0 unspecified atom stereocenters. The van der Waals surface area contributed by atoms with Crippen molar-refractivity contribution in [2.24, 2.45) is 4.99 Å². The monoisotopic (exact) mass is 211 g/mol. The lowest BCUT2D eigenvalue weighted by molar-refractivity contribution is 0.676. The van der Waals surface area contributed by atoms with E-state index in [1.165, 1.54) is 25.7 Å². The molecule has 0 amide bonds. The molecule has 0 fully saturated rings. The zero-order valence-corrected chi connectivity index (χ0v) is 11.1. The third-order valence-corrected chi connectivity index (χ3v) is 4.78. The van der Waals surface area contributed by atoms with Crippen molar-refractivity contribution in [2.75, 3.05) is 6.54 Å². The Balaban J connectivity index is 3.40. The van der Waals surface area contributed by atoms with Crippen molar-refractivity contribution >= 4 is 14.3 Å². The summed E-state index contributed by atoms with van der Waals surface area (Å²) in [6, 6.07) is 1.14. The van der Waals surface area contributed by atoms with E-state index in [1.54, 1.807) is 0 Å². The molecule has 0 aromatic heterocycles. The summed E-state index contributed by atoms with van der Waals surface area (Å²) in [5.41, 5.74) is 2.14. The van der Waals surface area contributed by atoms with E-state index in [0.717, 1.165) is 12.6 Å². The molecule has 0 aliphatic carbocycles. The van der Waals surface area contributed by atoms with E-state index < -0.39 is 8.07 Å². The van der Waals surface area contributed by atoms with Crippen LogP contribution in [0.1, 0.15) is 32.6 Å². The third kappa shape index (κ3) is 8.24. The number of aliphatic imine (C=N–C) groups is 1. The van der Waals surface area contributed by atoms with Crippen molar-refractivity contribution in [3.05, 3.63) is 12.3 Å². The largest absolute Gasteiger partial charge is 0.298 e. The molecule has 0 aliphatic heterocycles. The Hall–Kier alpha value is -0.373. The molecular weight excluding hydrogens is 186 g/mol. The molecule has 0 radical (unpaired) electrons. The smallest absolute Gasteiger partial charge is 0.0761 e. The second-order valence-corrected chi connectivity index (χ2v) is 9.34. The van der Waals surface area contributed by atoms with Crippen LogP contribution in [-0.4, -0.2) is 20.8 Å². The van der Waals surface area contributed by atoms with Gasteiger partial charge in [0.2, 0.25) is 0 Å². The van der Waals surface area contributed by atoms with Gasteiger partial charge in [-0.15, -0.1) is 12.3 Å². The first-order chi connectivity index (χ1) is 6.62. The Labute approximate surface area is 90.3 Å². The first kappa shape index (κ1) is 13.6. The maximum Gasteiger partial charge on any atom is 0.0761 e. The second kappa shape index (κ2) is 7.98. The van der Waals surface area contributed by atoms with Gasteiger partial charge in [-0.2, -0.15) is 0 Å². The first-order valence-corrected chi connectivity index (χ1v) is 9.02. The average molecular weight is 211 g/mol. The van der Waals surface area contributed by atoms with Crippen LogP contribution in [0.3, 0.4) is 0 Å². The fourth-order valence-corrected chi connectivity index (χ4v) is 1.87. The van der Waals surface area contributed by atoms with E-state index in [1.807, 2.05) is 0 Å². The average Bonchev–Trinajstić information content (AvgIpc) is 2.16. The van der Waals surface area contributed by atoms with Crippen LogP contribution in [0.2, 0.25) is 19.1 Å². The summed E-state index contributed by atoms with van der Waals surface area (Å²) >= 11 is 0. The van der Waals surface area contributed by atoms with Crippen LogP contribution in [0, 0.1) is 0 Å². The van der Waals surface area contributed by atoms with Crippen molar-refractivity contribution in [3.8, 4) is 0 Å². The molecule has 82 valence electrons. The molecule has 0 atom stereocenters. The summed E-state index contributed by atoms with van der Waals surface area (Å²) in [7, 11) is -1.14. The van der Waals surface area contributed by atoms with Crippen LogP contribution in [0.5, 0.6) is 0 Å². The molecule has 0 rings (SSSR count). The lowest BCUT2D eigenvalue weighted by Crippen LogP contribution is -2.21. The van der Waals surface area contributed by atoms with Crippen LogP contribution in [0.4, 0.5) is 0 Å². The second-order valence-electron chi connectivity index (χ2n) is 4.55. The lowest BCUT2D eigenvalue weighted by Gasteiger charge is -2.12. The van der Waals surface area contributed by atoms with E-state index >= 15 is 0 Å². The summed E-state index contributed by atoms with van der Waals surface area (Å²) in [5.74, 6) is 0. The van der Waals surface area contributed by atoms with E-state index in [4.69, 9.17) is 0 Å². The van der Waals surface area contributed by atoms with Crippen molar-refractivity contribution < 1.29 is 0 Å². The zero-order valence-electron chi connectivity index (χ0n) is 10.1. The molecule has 0 heterocycles. The summed E-state index contributed by atoms with van der Waals surface area (Å²) in [4.78, 5) is 4.44. The Kier molecular flexibility index (Phi) is 7.77. The number of hydrogen-bond acceptors (Lipinski definition) is 1. The van der Waals surface area contributed by atoms with Gasteiger partial charge in [-0.1, -0.05) is 39.3 Å². The minimum Gasteiger partial charge on any atom is -0.298 e. The van der Waals surface area contributed by atoms with E-state index in [9.17, 15) is 0 Å². The minimum atomic E-state index is -1.14. The highest BCUT2D eigenvalue weighted by atomic mass is 28.3. The fourth-order valence-electron chi connectivity index (χ4n) is 1.10. The van der Waals surface area contributed by atoms with Crippen LogP contribution in [-0.2, 0) is 0 Å². The predicted molar refractivity (Wildman–Crippen MR) is 70.0 cm³/mol. The molecule has 0 bridgehead atoms. The Morgan fingerprint density at radius 3 is 2.50 bits per heavy atom. The van der Waals surface area contributed by atoms with E-state index in [2.05, 4.69) is 43.5 Å². The topological polar surface area (TPSA) is 12.4 Å². The van der Waals surface area contributed by atoms with Gasteiger partial charge < -0.3 is 0 Å². The summed E-state index contributed by atoms with van der Waals surface area (Å²) in [6.45, 7) is 11.8. The molecule has 0 aromatic rings. The van der Waals surface area contributed by atoms with Crippen LogP contribution < -0.4 is 0 Å². The quantitative estimate of drug-likeness (QED) is 0.326. The predicted octanol–water partition coefficient (Wildman–Crippen LogP) is 4.07. The standard InChI is InChI=1S/C12H25NSi/c1-5-7-8-9-10-13-11-12-14(3,4)6-2/h6,11H,2,5,7-10,12H2,1,3-4H3. The van der Waals surface area contributed by atoms with Crippen molar-refractivity contribution in [1.29, 1.82) is 0 Å². The molecule has 14 heavy (non-hydrogen) atoms. The van der Waals surface area contributed by atoms with Gasteiger partial charge in [0.25, 0.3) is 0 Å². The highest BCUT2D eigenvalue weighted by Gasteiger charge is 2.12. The van der Waals surface area contributed by atoms with Gasteiger partial charge in [0.1, 0.15) is 0 Å². The van der Waals surface area contributed by atoms with Crippen molar-refractivity contribution in [3.63, 3.8) is 0 Å². The number of hydrogen-bond donors (Lipinski definition) is 0. The summed E-state index contributed by atoms with van der Waals surface area (Å²) in [5, 5.41) is 0. The minimum absolute atomic E-state index is 1.02. The lowest BCUT2D eigenvalue weighted by atomic mass is 10.2. The van der Waals surface area contributed by atoms with Crippen LogP contribution >= 0.6 is 0 Å². The van der Waals surface area contributed by atoms with Gasteiger partial charge in [-0.25, -0.2) is 0 Å². The molecule has 0 aromatic carbocycles. The van der Waals surface area contributed by atoms with Gasteiger partial charge in [0, 0.05) is 6.54 Å². The van der Waals surface area contributed by atoms with Gasteiger partial charge in [0.05, 0.1) is 8.07 Å².